The maximum absolute atomic E-state index is 7.35. The molecule has 0 amide bonds. The van der Waals surface area contributed by atoms with Crippen molar-refractivity contribution >= 4 is 40.6 Å². The van der Waals surface area contributed by atoms with Gasteiger partial charge in [0.25, 0.3) is 5.95 Å². The van der Waals surface area contributed by atoms with E-state index in [1.165, 1.54) is 12.4 Å². The summed E-state index contributed by atoms with van der Waals surface area (Å²) in [5.41, 5.74) is 9.73. The lowest BCUT2D eigenvalue weighted by molar-refractivity contribution is 0.973. The molecule has 3 aromatic rings. The normalized spacial score (nSPS) is 12.4. The summed E-state index contributed by atoms with van der Waals surface area (Å²) in [5, 5.41) is 15.3. The van der Waals surface area contributed by atoms with Crippen LogP contribution < -0.4 is 5.73 Å². The second kappa shape index (κ2) is 8.13. The first-order valence-corrected chi connectivity index (χ1v) is 8.32. The van der Waals surface area contributed by atoms with Gasteiger partial charge in [0.15, 0.2) is 0 Å². The molecule has 2 heterocycles. The van der Waals surface area contributed by atoms with Crippen molar-refractivity contribution in [2.45, 2.75) is 13.3 Å². The number of benzene rings is 1. The van der Waals surface area contributed by atoms with Gasteiger partial charge in [0.2, 0.25) is 0 Å². The quantitative estimate of drug-likeness (QED) is 0.583. The predicted octanol–water partition coefficient (Wildman–Crippen LogP) is 2.69. The Labute approximate surface area is 156 Å². The summed E-state index contributed by atoms with van der Waals surface area (Å²) in [4.78, 5) is 16.9. The van der Waals surface area contributed by atoms with Crippen LogP contribution >= 0.6 is 0 Å². The molecule has 4 N–H and O–H groups in total. The van der Waals surface area contributed by atoms with Crippen LogP contribution in [-0.4, -0.2) is 45.4 Å². The zero-order valence-electron chi connectivity index (χ0n) is 15.1. The van der Waals surface area contributed by atoms with E-state index in [-0.39, 0.29) is 0 Å². The van der Waals surface area contributed by atoms with E-state index in [0.29, 0.717) is 23.9 Å². The van der Waals surface area contributed by atoms with Crippen molar-refractivity contribution in [3.8, 4) is 0 Å². The van der Waals surface area contributed by atoms with E-state index in [2.05, 4.69) is 36.2 Å². The highest BCUT2D eigenvalue weighted by Gasteiger charge is 2.06. The number of fused-ring (bicyclic) bond motifs is 1. The van der Waals surface area contributed by atoms with Crippen LogP contribution in [0.3, 0.4) is 0 Å². The molecule has 0 radical (unpaired) electrons. The molecule has 0 saturated heterocycles. The van der Waals surface area contributed by atoms with Gasteiger partial charge in [-0.15, -0.1) is 5.10 Å². The molecule has 136 valence electrons. The van der Waals surface area contributed by atoms with Crippen LogP contribution in [0.15, 0.2) is 46.6 Å². The number of nitrogens with one attached hydrogen (secondary N) is 2. The molecule has 0 aliphatic carbocycles. The lowest BCUT2D eigenvalue weighted by Crippen LogP contribution is -1.94. The van der Waals surface area contributed by atoms with Gasteiger partial charge in [-0.1, -0.05) is 6.07 Å². The summed E-state index contributed by atoms with van der Waals surface area (Å²) < 4.78 is 0. The molecule has 0 saturated carbocycles. The van der Waals surface area contributed by atoms with Gasteiger partial charge in [0, 0.05) is 54.3 Å². The Bertz CT molecular complexity index is 1060. The zero-order chi connectivity index (χ0) is 19.2. The number of hydrogen-bond donors (Lipinski definition) is 3. The van der Waals surface area contributed by atoms with Crippen LogP contribution in [0.4, 0.5) is 5.95 Å². The summed E-state index contributed by atoms with van der Waals surface area (Å²) in [6.07, 6.45) is 7.01. The van der Waals surface area contributed by atoms with Crippen LogP contribution in [-0.2, 0) is 6.42 Å². The van der Waals surface area contributed by atoms with Gasteiger partial charge in [0.1, 0.15) is 5.82 Å². The third-order valence-electron chi connectivity index (χ3n) is 3.79. The van der Waals surface area contributed by atoms with E-state index in [1.807, 2.05) is 18.2 Å². The first kappa shape index (κ1) is 18.1. The molecule has 8 nitrogen and oxygen atoms in total. The van der Waals surface area contributed by atoms with Gasteiger partial charge in [-0.05, 0) is 30.7 Å². The van der Waals surface area contributed by atoms with E-state index in [9.17, 15) is 0 Å². The lowest BCUT2D eigenvalue weighted by atomic mass is 10.0. The summed E-state index contributed by atoms with van der Waals surface area (Å²) in [6, 6.07) is 8.09. The first-order valence-electron chi connectivity index (χ1n) is 8.32. The molecule has 0 aliphatic heterocycles. The average Bonchev–Trinajstić information content (AvgIpc) is 3.11. The number of allylic oxidation sites excluding steroid dienone is 1. The number of hydrogen-bond acceptors (Lipinski definition) is 7. The van der Waals surface area contributed by atoms with Crippen molar-refractivity contribution in [3.63, 3.8) is 0 Å². The number of rotatable bonds is 6. The third-order valence-corrected chi connectivity index (χ3v) is 3.79. The predicted molar refractivity (Wildman–Crippen MR) is 109 cm³/mol. The molecule has 27 heavy (non-hydrogen) atoms. The molecule has 0 atom stereocenters. The maximum Gasteiger partial charge on any atom is 0.268 e. The number of nitrogens with zero attached hydrogens (tertiary/aromatic N) is 5. The Balaban J connectivity index is 1.86. The molecule has 3 rings (SSSR count). The fourth-order valence-electron chi connectivity index (χ4n) is 2.57. The van der Waals surface area contributed by atoms with Crippen LogP contribution in [0.1, 0.15) is 23.9 Å². The molecule has 1 aromatic carbocycles. The SMILES string of the molecule is CN=CC(=CN)c1cnc2ccc(Cc3nc(N=CC(C)=N)n[nH]3)cc2c1. The van der Waals surface area contributed by atoms with Crippen molar-refractivity contribution in [1.82, 2.24) is 20.2 Å². The van der Waals surface area contributed by atoms with Gasteiger partial charge < -0.3 is 11.1 Å². The minimum Gasteiger partial charge on any atom is -0.404 e. The fourth-order valence-corrected chi connectivity index (χ4v) is 2.57. The Hall–Kier alpha value is -3.68. The fraction of sp³-hybridized carbons (Fsp3) is 0.158. The molecule has 0 unspecified atom stereocenters. The summed E-state index contributed by atoms with van der Waals surface area (Å²) in [5.74, 6) is 1.02. The van der Waals surface area contributed by atoms with E-state index in [0.717, 1.165) is 27.6 Å². The molecule has 0 aliphatic rings. The molecule has 8 heteroatoms. The van der Waals surface area contributed by atoms with E-state index in [1.54, 1.807) is 26.4 Å². The molecular weight excluding hydrogens is 340 g/mol. The van der Waals surface area contributed by atoms with Crippen molar-refractivity contribution in [2.75, 3.05) is 7.05 Å². The monoisotopic (exact) mass is 360 g/mol. The Morgan fingerprint density at radius 2 is 2.15 bits per heavy atom. The van der Waals surface area contributed by atoms with Gasteiger partial charge in [-0.3, -0.25) is 15.1 Å². The van der Waals surface area contributed by atoms with Crippen molar-refractivity contribution in [1.29, 1.82) is 5.41 Å². The van der Waals surface area contributed by atoms with Crippen LogP contribution in [0.5, 0.6) is 0 Å². The summed E-state index contributed by atoms with van der Waals surface area (Å²) in [7, 11) is 1.70. The number of pyridine rings is 1. The molecule has 2 aromatic heterocycles. The zero-order valence-corrected chi connectivity index (χ0v) is 15.1. The lowest BCUT2D eigenvalue weighted by Gasteiger charge is -2.05. The van der Waals surface area contributed by atoms with Crippen molar-refractivity contribution in [3.05, 3.63) is 53.6 Å². The van der Waals surface area contributed by atoms with E-state index >= 15 is 0 Å². The number of H-pyrrole nitrogens is 1. The summed E-state index contributed by atoms with van der Waals surface area (Å²) in [6.45, 7) is 1.64. The highest BCUT2D eigenvalue weighted by Crippen LogP contribution is 2.20. The summed E-state index contributed by atoms with van der Waals surface area (Å²) >= 11 is 0. The Morgan fingerprint density at radius 1 is 1.30 bits per heavy atom. The van der Waals surface area contributed by atoms with E-state index < -0.39 is 0 Å². The second-order valence-electron chi connectivity index (χ2n) is 5.96. The Kier molecular flexibility index (Phi) is 5.46. The largest absolute Gasteiger partial charge is 0.404 e. The minimum absolute atomic E-state index is 0.318. The molecule has 0 bridgehead atoms. The third kappa shape index (κ3) is 4.49. The number of aromatic amines is 1. The smallest absolute Gasteiger partial charge is 0.268 e. The number of aliphatic imine (C=N–C) groups is 2. The highest BCUT2D eigenvalue weighted by molar-refractivity contribution is 6.28. The molecule has 0 spiro atoms. The highest BCUT2D eigenvalue weighted by atomic mass is 15.3. The minimum atomic E-state index is 0.318. The van der Waals surface area contributed by atoms with Crippen LogP contribution in [0.25, 0.3) is 16.5 Å². The van der Waals surface area contributed by atoms with E-state index in [4.69, 9.17) is 11.1 Å². The number of aromatic nitrogens is 4. The topological polar surface area (TPSA) is 129 Å². The standard InChI is InChI=1S/C19H20N8/c1-12(21)9-24-19-25-18(26-27-19)6-13-3-4-17-14(5-13)7-15(11-23-17)16(8-20)10-22-2/h3-5,7-11,21H,6,20H2,1-2H3,(H,25,26,27). The molecular formula is C19H20N8. The van der Waals surface area contributed by atoms with Gasteiger partial charge in [-0.2, -0.15) is 4.98 Å². The Morgan fingerprint density at radius 3 is 2.89 bits per heavy atom. The second-order valence-corrected chi connectivity index (χ2v) is 5.96. The van der Waals surface area contributed by atoms with Gasteiger partial charge in [0.05, 0.1) is 11.7 Å². The van der Waals surface area contributed by atoms with Crippen LogP contribution in [0, 0.1) is 5.41 Å². The molecule has 0 fully saturated rings. The first-order chi connectivity index (χ1) is 13.1. The average molecular weight is 360 g/mol. The van der Waals surface area contributed by atoms with Gasteiger partial charge >= 0.3 is 0 Å². The number of nitrogens with two attached hydrogens (primary N) is 1. The van der Waals surface area contributed by atoms with Crippen molar-refractivity contribution in [2.24, 2.45) is 15.7 Å². The maximum atomic E-state index is 7.35. The van der Waals surface area contributed by atoms with Crippen LogP contribution in [0.2, 0.25) is 0 Å². The van der Waals surface area contributed by atoms with Gasteiger partial charge in [-0.25, -0.2) is 4.99 Å². The van der Waals surface area contributed by atoms with Crippen molar-refractivity contribution < 1.29 is 0 Å².